The minimum absolute atomic E-state index is 0. The molecule has 27 heavy (non-hydrogen) atoms. The molecule has 0 fully saturated rings. The summed E-state index contributed by atoms with van der Waals surface area (Å²) in [6, 6.07) is 7.14. The topological polar surface area (TPSA) is 94.5 Å². The number of halogens is 1. The van der Waals surface area contributed by atoms with E-state index in [1.165, 1.54) is 0 Å². The van der Waals surface area contributed by atoms with Crippen LogP contribution in [0.2, 0.25) is 0 Å². The molecule has 1 heterocycles. The third kappa shape index (κ3) is 6.84. The highest BCUT2D eigenvalue weighted by Gasteiger charge is 2.14. The van der Waals surface area contributed by atoms with Gasteiger partial charge in [-0.2, -0.15) is 4.98 Å². The summed E-state index contributed by atoms with van der Waals surface area (Å²) in [7, 11) is 1.79. The Kier molecular flexibility index (Phi) is 9.25. The molecule has 0 saturated carbocycles. The van der Waals surface area contributed by atoms with E-state index in [1.54, 1.807) is 36.2 Å². The van der Waals surface area contributed by atoms with E-state index in [-0.39, 0.29) is 31.0 Å². The number of carbonyl (C=O) groups excluding carboxylic acids is 1. The van der Waals surface area contributed by atoms with Crippen molar-refractivity contribution in [1.29, 1.82) is 0 Å². The minimum atomic E-state index is -0.0294. The van der Waals surface area contributed by atoms with Gasteiger partial charge in [-0.05, 0) is 36.6 Å². The Labute approximate surface area is 166 Å². The summed E-state index contributed by atoms with van der Waals surface area (Å²) in [6.45, 7) is 6.98. The van der Waals surface area contributed by atoms with Gasteiger partial charge in [-0.25, -0.2) is 0 Å². The summed E-state index contributed by atoms with van der Waals surface area (Å²) in [4.78, 5) is 18.3. The standard InChI is InChI=1S/C19H28N4O3.ClH/c1-5-18-21-17(22-26-18)12-25-15-8-6-14(7-9-15)19(24)23(4)11-10-16(20)13(2)3;/h6-9,13,16H,5,10-12,20H2,1-4H3;1H. The van der Waals surface area contributed by atoms with Gasteiger partial charge >= 0.3 is 0 Å². The number of ether oxygens (including phenoxy) is 1. The Bertz CT molecular complexity index is 703. The molecule has 0 bridgehead atoms. The monoisotopic (exact) mass is 396 g/mol. The van der Waals surface area contributed by atoms with Crippen molar-refractivity contribution >= 4 is 18.3 Å². The Morgan fingerprint density at radius 1 is 1.30 bits per heavy atom. The molecule has 1 unspecified atom stereocenters. The molecule has 1 atom stereocenters. The molecule has 0 spiro atoms. The molecule has 0 radical (unpaired) electrons. The third-order valence-electron chi connectivity index (χ3n) is 4.28. The zero-order valence-corrected chi connectivity index (χ0v) is 17.2. The van der Waals surface area contributed by atoms with Crippen LogP contribution < -0.4 is 10.5 Å². The van der Waals surface area contributed by atoms with Gasteiger partial charge in [-0.1, -0.05) is 25.9 Å². The highest BCUT2D eigenvalue weighted by molar-refractivity contribution is 5.94. The van der Waals surface area contributed by atoms with Crippen LogP contribution in [0.4, 0.5) is 0 Å². The van der Waals surface area contributed by atoms with E-state index in [9.17, 15) is 4.79 Å². The molecule has 150 valence electrons. The molecule has 2 N–H and O–H groups in total. The maximum absolute atomic E-state index is 12.5. The number of carbonyl (C=O) groups is 1. The fourth-order valence-electron chi connectivity index (χ4n) is 2.33. The molecule has 0 aliphatic carbocycles. The lowest BCUT2D eigenvalue weighted by molar-refractivity contribution is 0.0789. The maximum atomic E-state index is 12.5. The molecule has 8 heteroatoms. The van der Waals surface area contributed by atoms with E-state index in [0.717, 1.165) is 6.42 Å². The van der Waals surface area contributed by atoms with E-state index in [4.69, 9.17) is 15.0 Å². The Balaban J connectivity index is 0.00000364. The molecule has 0 aliphatic heterocycles. The number of nitrogens with two attached hydrogens (primary N) is 1. The summed E-state index contributed by atoms with van der Waals surface area (Å²) in [5.74, 6) is 2.11. The molecule has 1 amide bonds. The fourth-order valence-corrected chi connectivity index (χ4v) is 2.33. The number of hydrogen-bond donors (Lipinski definition) is 1. The summed E-state index contributed by atoms with van der Waals surface area (Å²) >= 11 is 0. The van der Waals surface area contributed by atoms with E-state index in [0.29, 0.717) is 41.9 Å². The minimum Gasteiger partial charge on any atom is -0.485 e. The molecule has 1 aromatic carbocycles. The van der Waals surface area contributed by atoms with Crippen molar-refractivity contribution in [3.63, 3.8) is 0 Å². The molecule has 7 nitrogen and oxygen atoms in total. The average molecular weight is 397 g/mol. The normalized spacial score (nSPS) is 11.8. The number of nitrogens with zero attached hydrogens (tertiary/aromatic N) is 3. The van der Waals surface area contributed by atoms with Gasteiger partial charge in [0.05, 0.1) is 0 Å². The van der Waals surface area contributed by atoms with Crippen LogP contribution in [0.15, 0.2) is 28.8 Å². The fraction of sp³-hybridized carbons (Fsp3) is 0.526. The van der Waals surface area contributed by atoms with E-state index >= 15 is 0 Å². The van der Waals surface area contributed by atoms with Crippen LogP contribution in [0.25, 0.3) is 0 Å². The quantitative estimate of drug-likeness (QED) is 0.699. The van der Waals surface area contributed by atoms with Crippen molar-refractivity contribution < 1.29 is 14.1 Å². The number of rotatable bonds is 9. The van der Waals surface area contributed by atoms with Gasteiger partial charge in [-0.3, -0.25) is 4.79 Å². The average Bonchev–Trinajstić information content (AvgIpc) is 3.12. The van der Waals surface area contributed by atoms with Crippen molar-refractivity contribution in [3.05, 3.63) is 41.5 Å². The molecule has 2 rings (SSSR count). The van der Waals surface area contributed by atoms with E-state index < -0.39 is 0 Å². The van der Waals surface area contributed by atoms with Crippen molar-refractivity contribution in [3.8, 4) is 5.75 Å². The lowest BCUT2D eigenvalue weighted by Gasteiger charge is -2.21. The van der Waals surface area contributed by atoms with Crippen molar-refractivity contribution in [2.45, 2.75) is 46.3 Å². The number of aryl methyl sites for hydroxylation is 1. The number of amides is 1. The van der Waals surface area contributed by atoms with Crippen molar-refractivity contribution in [2.24, 2.45) is 11.7 Å². The van der Waals surface area contributed by atoms with Gasteiger partial charge in [-0.15, -0.1) is 12.4 Å². The predicted molar refractivity (Wildman–Crippen MR) is 106 cm³/mol. The lowest BCUT2D eigenvalue weighted by Crippen LogP contribution is -2.34. The summed E-state index contributed by atoms with van der Waals surface area (Å²) in [5, 5.41) is 3.84. The van der Waals surface area contributed by atoms with Gasteiger partial charge in [0.25, 0.3) is 5.91 Å². The lowest BCUT2D eigenvalue weighted by atomic mass is 10.0. The molecule has 0 saturated heterocycles. The molecular formula is C19H29ClN4O3. The molecule has 1 aromatic heterocycles. The van der Waals surface area contributed by atoms with Crippen LogP contribution in [0.1, 0.15) is 49.3 Å². The summed E-state index contributed by atoms with van der Waals surface area (Å²) < 4.78 is 10.7. The maximum Gasteiger partial charge on any atom is 0.253 e. The van der Waals surface area contributed by atoms with E-state index in [2.05, 4.69) is 24.0 Å². The SMILES string of the molecule is CCc1nc(COc2ccc(C(=O)N(C)CCC(N)C(C)C)cc2)no1.Cl. The number of hydrogen-bond acceptors (Lipinski definition) is 6. The van der Waals surface area contributed by atoms with Crippen LogP contribution in [0.5, 0.6) is 5.75 Å². The Morgan fingerprint density at radius 2 is 1.96 bits per heavy atom. The zero-order chi connectivity index (χ0) is 19.1. The van der Waals surface area contributed by atoms with Gasteiger partial charge < -0.3 is 19.9 Å². The van der Waals surface area contributed by atoms with Gasteiger partial charge in [0.1, 0.15) is 5.75 Å². The van der Waals surface area contributed by atoms with Crippen molar-refractivity contribution in [1.82, 2.24) is 15.0 Å². The first-order valence-corrected chi connectivity index (χ1v) is 8.96. The van der Waals surface area contributed by atoms with E-state index in [1.807, 2.05) is 6.92 Å². The summed E-state index contributed by atoms with van der Waals surface area (Å²) in [6.07, 6.45) is 1.48. The Morgan fingerprint density at radius 3 is 2.52 bits per heavy atom. The highest BCUT2D eigenvalue weighted by atomic mass is 35.5. The molecule has 2 aromatic rings. The van der Waals surface area contributed by atoms with Gasteiger partial charge in [0.15, 0.2) is 6.61 Å². The Hall–Kier alpha value is -2.12. The van der Waals surface area contributed by atoms with Gasteiger partial charge in [0, 0.05) is 31.6 Å². The van der Waals surface area contributed by atoms with Crippen LogP contribution in [-0.4, -0.2) is 40.6 Å². The second-order valence-electron chi connectivity index (χ2n) is 6.69. The van der Waals surface area contributed by atoms with Crippen LogP contribution in [-0.2, 0) is 13.0 Å². The number of benzene rings is 1. The predicted octanol–water partition coefficient (Wildman–Crippen LogP) is 3.08. The molecule has 0 aliphatic rings. The second-order valence-corrected chi connectivity index (χ2v) is 6.69. The first-order chi connectivity index (χ1) is 12.4. The van der Waals surface area contributed by atoms with Crippen molar-refractivity contribution in [2.75, 3.05) is 13.6 Å². The summed E-state index contributed by atoms with van der Waals surface area (Å²) in [5.41, 5.74) is 6.66. The highest BCUT2D eigenvalue weighted by Crippen LogP contribution is 2.15. The first kappa shape index (κ1) is 22.9. The van der Waals surface area contributed by atoms with Crippen LogP contribution >= 0.6 is 12.4 Å². The molecular weight excluding hydrogens is 368 g/mol. The van der Waals surface area contributed by atoms with Gasteiger partial charge in [0.2, 0.25) is 11.7 Å². The first-order valence-electron chi connectivity index (χ1n) is 8.96. The zero-order valence-electron chi connectivity index (χ0n) is 16.3. The smallest absolute Gasteiger partial charge is 0.253 e. The van der Waals surface area contributed by atoms with Crippen LogP contribution in [0.3, 0.4) is 0 Å². The second kappa shape index (κ2) is 10.9. The third-order valence-corrected chi connectivity index (χ3v) is 4.28. The van der Waals surface area contributed by atoms with Crippen LogP contribution in [0, 0.1) is 5.92 Å². The number of aromatic nitrogens is 2. The largest absolute Gasteiger partial charge is 0.485 e.